The standard InChI is InChI=1S/C41H54N8O7/c1-5-31-37(52)46-36(27(4)50)40(55)45-33(23-28-15-8-6-9-16-28)41(56)48-22-14-20-34(48)39(54)42-21-13-12-19-32(38(53)44-31)43-35(51)24-30-25(2)47-49(26(30)3)29-17-10-7-11-18-29/h6-11,15-18,27,31-34,36,50H,5,12-14,19-24H2,1-4H3,(H,42,54)(H,43,51)(H,44,53)(H,45,55)(H,46,52)/t27-,31+,32+,33-,34+,36+/m1/s1. The molecule has 0 aliphatic carbocycles. The zero-order valence-electron chi connectivity index (χ0n) is 32.5. The van der Waals surface area contributed by atoms with Gasteiger partial charge in [0.1, 0.15) is 30.2 Å². The number of hydrogen-bond donors (Lipinski definition) is 6. The molecule has 2 aliphatic heterocycles. The van der Waals surface area contributed by atoms with Crippen molar-refractivity contribution in [2.75, 3.05) is 13.1 Å². The Bertz CT molecular complexity index is 1870. The Kier molecular flexibility index (Phi) is 14.4. The molecule has 6 N–H and O–H groups in total. The zero-order chi connectivity index (χ0) is 40.4. The zero-order valence-corrected chi connectivity index (χ0v) is 32.5. The number of fused-ring (bicyclic) bond motifs is 1. The Morgan fingerprint density at radius 2 is 1.54 bits per heavy atom. The molecule has 2 aliphatic rings. The lowest BCUT2D eigenvalue weighted by Crippen LogP contribution is -2.61. The van der Waals surface area contributed by atoms with E-state index in [1.807, 2.05) is 74.5 Å². The summed E-state index contributed by atoms with van der Waals surface area (Å²) in [6.07, 6.45) is 1.04. The lowest BCUT2D eigenvalue weighted by Gasteiger charge is -2.30. The Morgan fingerprint density at radius 3 is 2.21 bits per heavy atom. The molecule has 6 atom stereocenters. The number of carbonyl (C=O) groups is 6. The molecule has 5 rings (SSSR count). The molecular weight excluding hydrogens is 717 g/mol. The van der Waals surface area contributed by atoms with Gasteiger partial charge in [-0.3, -0.25) is 28.8 Å². The van der Waals surface area contributed by atoms with Crippen LogP contribution >= 0.6 is 0 Å². The van der Waals surface area contributed by atoms with Crippen LogP contribution in [0.4, 0.5) is 0 Å². The van der Waals surface area contributed by atoms with Gasteiger partial charge in [-0.2, -0.15) is 5.10 Å². The lowest BCUT2D eigenvalue weighted by atomic mass is 10.0. The average Bonchev–Trinajstić information content (AvgIpc) is 3.79. The van der Waals surface area contributed by atoms with E-state index in [-0.39, 0.29) is 38.1 Å². The number of benzene rings is 2. The Hall–Kier alpha value is -5.57. The van der Waals surface area contributed by atoms with E-state index in [1.54, 1.807) is 11.6 Å². The minimum absolute atomic E-state index is 0.0327. The second kappa shape index (κ2) is 19.3. The Morgan fingerprint density at radius 1 is 0.857 bits per heavy atom. The largest absolute Gasteiger partial charge is 0.391 e. The highest BCUT2D eigenvalue weighted by Gasteiger charge is 2.39. The maximum atomic E-state index is 14.1. The molecule has 0 radical (unpaired) electrons. The number of aliphatic hydroxyl groups excluding tert-OH is 1. The molecule has 3 heterocycles. The highest BCUT2D eigenvalue weighted by molar-refractivity contribution is 5.97. The number of aryl methyl sites for hydroxylation is 1. The van der Waals surface area contributed by atoms with Crippen molar-refractivity contribution in [3.05, 3.63) is 83.2 Å². The van der Waals surface area contributed by atoms with Gasteiger partial charge in [0.15, 0.2) is 0 Å². The molecule has 6 amide bonds. The normalized spacial score (nSPS) is 23.7. The van der Waals surface area contributed by atoms with E-state index < -0.39 is 65.8 Å². The van der Waals surface area contributed by atoms with Gasteiger partial charge in [-0.15, -0.1) is 0 Å². The van der Waals surface area contributed by atoms with Gasteiger partial charge >= 0.3 is 0 Å². The van der Waals surface area contributed by atoms with Crippen molar-refractivity contribution in [1.82, 2.24) is 41.3 Å². The third kappa shape index (κ3) is 10.4. The summed E-state index contributed by atoms with van der Waals surface area (Å²) in [5, 5.41) is 29.1. The van der Waals surface area contributed by atoms with Gasteiger partial charge in [-0.05, 0) is 77.0 Å². The van der Waals surface area contributed by atoms with Crippen molar-refractivity contribution in [3.8, 4) is 5.69 Å². The topological polar surface area (TPSA) is 204 Å². The first-order chi connectivity index (χ1) is 26.9. The van der Waals surface area contributed by atoms with E-state index in [2.05, 4.69) is 31.7 Å². The van der Waals surface area contributed by atoms with Gasteiger partial charge in [0.05, 0.1) is 23.9 Å². The molecule has 56 heavy (non-hydrogen) atoms. The summed E-state index contributed by atoms with van der Waals surface area (Å²) >= 11 is 0. The van der Waals surface area contributed by atoms with Gasteiger partial charge < -0.3 is 36.6 Å². The minimum Gasteiger partial charge on any atom is -0.391 e. The summed E-state index contributed by atoms with van der Waals surface area (Å²) in [4.78, 5) is 83.8. The van der Waals surface area contributed by atoms with Crippen molar-refractivity contribution in [2.24, 2.45) is 0 Å². The number of para-hydroxylation sites is 1. The third-order valence-corrected chi connectivity index (χ3v) is 10.5. The van der Waals surface area contributed by atoms with E-state index in [0.29, 0.717) is 37.9 Å². The molecule has 2 aromatic carbocycles. The fraction of sp³-hybridized carbons (Fsp3) is 0.488. The first-order valence-corrected chi connectivity index (χ1v) is 19.5. The van der Waals surface area contributed by atoms with Gasteiger partial charge in [-0.25, -0.2) is 4.68 Å². The number of carbonyl (C=O) groups excluding carboxylic acids is 6. The molecule has 0 bridgehead atoms. The molecule has 15 heteroatoms. The molecule has 2 fully saturated rings. The molecule has 0 spiro atoms. The molecular formula is C41H54N8O7. The maximum absolute atomic E-state index is 14.1. The van der Waals surface area contributed by atoms with Gasteiger partial charge in [0, 0.05) is 30.8 Å². The monoisotopic (exact) mass is 770 g/mol. The first-order valence-electron chi connectivity index (χ1n) is 19.5. The highest BCUT2D eigenvalue weighted by Crippen LogP contribution is 2.21. The van der Waals surface area contributed by atoms with Crippen molar-refractivity contribution in [2.45, 2.75) is 115 Å². The molecule has 0 saturated carbocycles. The van der Waals surface area contributed by atoms with E-state index >= 15 is 0 Å². The van der Waals surface area contributed by atoms with Crippen LogP contribution in [0.3, 0.4) is 0 Å². The van der Waals surface area contributed by atoms with Crippen LogP contribution in [0.15, 0.2) is 60.7 Å². The number of nitrogens with zero attached hydrogens (tertiary/aromatic N) is 3. The average molecular weight is 771 g/mol. The lowest BCUT2D eigenvalue weighted by molar-refractivity contribution is -0.142. The van der Waals surface area contributed by atoms with E-state index in [0.717, 1.165) is 22.5 Å². The van der Waals surface area contributed by atoms with Crippen LogP contribution in [-0.4, -0.2) is 105 Å². The fourth-order valence-electron chi connectivity index (χ4n) is 7.33. The number of amides is 6. The van der Waals surface area contributed by atoms with Crippen molar-refractivity contribution in [1.29, 1.82) is 0 Å². The summed E-state index contributed by atoms with van der Waals surface area (Å²) in [7, 11) is 0. The quantitative estimate of drug-likeness (QED) is 0.197. The van der Waals surface area contributed by atoms with E-state index in [9.17, 15) is 33.9 Å². The van der Waals surface area contributed by atoms with Crippen LogP contribution in [0.25, 0.3) is 5.69 Å². The van der Waals surface area contributed by atoms with Crippen LogP contribution in [-0.2, 0) is 41.6 Å². The Labute approximate surface area is 327 Å². The number of aromatic nitrogens is 2. The van der Waals surface area contributed by atoms with Crippen LogP contribution in [0.5, 0.6) is 0 Å². The van der Waals surface area contributed by atoms with Crippen molar-refractivity contribution >= 4 is 35.4 Å². The smallest absolute Gasteiger partial charge is 0.246 e. The summed E-state index contributed by atoms with van der Waals surface area (Å²) in [6, 6.07) is 13.2. The summed E-state index contributed by atoms with van der Waals surface area (Å²) in [5.41, 5.74) is 3.81. The second-order valence-corrected chi connectivity index (χ2v) is 14.6. The number of rotatable bonds is 8. The van der Waals surface area contributed by atoms with E-state index in [1.165, 1.54) is 11.8 Å². The number of hydrogen-bond acceptors (Lipinski definition) is 8. The number of aliphatic hydroxyl groups is 1. The van der Waals surface area contributed by atoms with Crippen molar-refractivity contribution < 1.29 is 33.9 Å². The second-order valence-electron chi connectivity index (χ2n) is 14.6. The van der Waals surface area contributed by atoms with Crippen molar-refractivity contribution in [3.63, 3.8) is 0 Å². The molecule has 3 aromatic rings. The van der Waals surface area contributed by atoms with E-state index in [4.69, 9.17) is 0 Å². The predicted octanol–water partition coefficient (Wildman–Crippen LogP) is 1.30. The summed E-state index contributed by atoms with van der Waals surface area (Å²) < 4.78 is 1.77. The van der Waals surface area contributed by atoms with Gasteiger partial charge in [0.2, 0.25) is 35.4 Å². The van der Waals surface area contributed by atoms with Crippen LogP contribution in [0.1, 0.15) is 74.9 Å². The molecule has 0 unspecified atom stereocenters. The first kappa shape index (κ1) is 41.6. The maximum Gasteiger partial charge on any atom is 0.246 e. The molecule has 2 saturated heterocycles. The fourth-order valence-corrected chi connectivity index (χ4v) is 7.33. The van der Waals surface area contributed by atoms with Crippen LogP contribution < -0.4 is 26.6 Å². The molecule has 1 aromatic heterocycles. The predicted molar refractivity (Wildman–Crippen MR) is 208 cm³/mol. The SMILES string of the molecule is CC[C@@H]1NC(=O)[C@@H](NC(=O)Cc2c(C)nn(-c3ccccc3)c2C)CCCCNC(=O)[C@@H]2CCCN2C(=O)[C@@H](Cc2ccccc2)NC(=O)[C@H]([C@@H](C)O)NC1=O. The van der Waals surface area contributed by atoms with Gasteiger partial charge in [0.25, 0.3) is 0 Å². The minimum atomic E-state index is -1.47. The highest BCUT2D eigenvalue weighted by atomic mass is 16.3. The van der Waals surface area contributed by atoms with Crippen LogP contribution in [0, 0.1) is 13.8 Å². The Balaban J connectivity index is 1.37. The van der Waals surface area contributed by atoms with Gasteiger partial charge in [-0.1, -0.05) is 55.5 Å². The van der Waals surface area contributed by atoms with Crippen LogP contribution in [0.2, 0.25) is 0 Å². The molecule has 300 valence electrons. The summed E-state index contributed by atoms with van der Waals surface area (Å²) in [6.45, 7) is 7.33. The summed E-state index contributed by atoms with van der Waals surface area (Å²) in [5.74, 6) is -3.27. The molecule has 15 nitrogen and oxygen atoms in total. The third-order valence-electron chi connectivity index (χ3n) is 10.5. The number of nitrogens with one attached hydrogen (secondary N) is 5.